The van der Waals surface area contributed by atoms with Crippen molar-refractivity contribution in [2.75, 3.05) is 25.5 Å². The third-order valence-electron chi connectivity index (χ3n) is 3.43. The highest BCUT2D eigenvalue weighted by Crippen LogP contribution is 2.24. The van der Waals surface area contributed by atoms with Crippen LogP contribution in [0, 0.1) is 5.82 Å². The minimum atomic E-state index is -0.844. The van der Waals surface area contributed by atoms with Crippen LogP contribution in [0.1, 0.15) is 10.4 Å². The first-order chi connectivity index (χ1) is 12.8. The van der Waals surface area contributed by atoms with Crippen molar-refractivity contribution < 1.29 is 23.5 Å². The highest BCUT2D eigenvalue weighted by Gasteiger charge is 2.19. The van der Waals surface area contributed by atoms with E-state index < -0.39 is 30.2 Å². The molecule has 0 aliphatic carbocycles. The van der Waals surface area contributed by atoms with E-state index in [1.807, 2.05) is 0 Å². The van der Waals surface area contributed by atoms with E-state index in [0.29, 0.717) is 5.69 Å². The maximum Gasteiger partial charge on any atom is 0.341 e. The van der Waals surface area contributed by atoms with E-state index in [2.05, 4.69) is 5.32 Å². The van der Waals surface area contributed by atoms with Crippen molar-refractivity contribution in [1.29, 1.82) is 0 Å². The second-order valence-corrected chi connectivity index (χ2v) is 6.29. The third kappa shape index (κ3) is 5.94. The lowest BCUT2D eigenvalue weighted by atomic mass is 10.2. The Morgan fingerprint density at radius 2 is 1.67 bits per heavy atom. The zero-order valence-electron chi connectivity index (χ0n) is 14.2. The first-order valence-electron chi connectivity index (χ1n) is 7.68. The molecule has 142 valence electrons. The van der Waals surface area contributed by atoms with Gasteiger partial charge in [0.05, 0.1) is 22.2 Å². The predicted molar refractivity (Wildman–Crippen MR) is 99.4 cm³/mol. The van der Waals surface area contributed by atoms with E-state index in [-0.39, 0.29) is 22.2 Å². The molecule has 0 unspecified atom stereocenters. The molecule has 0 spiro atoms. The number of esters is 1. The molecule has 2 aromatic carbocycles. The number of carbonyl (C=O) groups excluding carboxylic acids is 3. The molecule has 0 aromatic heterocycles. The highest BCUT2D eigenvalue weighted by atomic mass is 35.5. The Labute approximate surface area is 164 Å². The SMILES string of the molecule is CN(CC(=O)Nc1ccc(F)cc1)C(=O)COC(=O)c1c(Cl)cccc1Cl. The number of carbonyl (C=O) groups is 3. The van der Waals surface area contributed by atoms with E-state index in [1.165, 1.54) is 43.4 Å². The lowest BCUT2D eigenvalue weighted by Gasteiger charge is -2.17. The normalized spacial score (nSPS) is 10.2. The molecule has 0 radical (unpaired) electrons. The zero-order chi connectivity index (χ0) is 20.0. The standard InChI is InChI=1S/C18H15Cl2FN2O4/c1-23(9-15(24)22-12-7-5-11(21)6-8-12)16(25)10-27-18(26)17-13(19)3-2-4-14(17)20/h2-8H,9-10H2,1H3,(H,22,24). The molecule has 1 N–H and O–H groups in total. The molecule has 0 atom stereocenters. The van der Waals surface area contributed by atoms with Gasteiger partial charge in [-0.25, -0.2) is 9.18 Å². The van der Waals surface area contributed by atoms with Gasteiger partial charge in [0.1, 0.15) is 5.82 Å². The smallest absolute Gasteiger partial charge is 0.341 e. The van der Waals surface area contributed by atoms with Crippen LogP contribution in [0.2, 0.25) is 10.0 Å². The number of benzene rings is 2. The average molecular weight is 413 g/mol. The molecule has 0 aliphatic rings. The van der Waals surface area contributed by atoms with Crippen LogP contribution < -0.4 is 5.32 Å². The molecule has 27 heavy (non-hydrogen) atoms. The van der Waals surface area contributed by atoms with E-state index in [9.17, 15) is 18.8 Å². The number of hydrogen-bond acceptors (Lipinski definition) is 4. The summed E-state index contributed by atoms with van der Waals surface area (Å²) in [6, 6.07) is 9.69. The van der Waals surface area contributed by atoms with Gasteiger partial charge in [-0.3, -0.25) is 9.59 Å². The monoisotopic (exact) mass is 412 g/mol. The zero-order valence-corrected chi connectivity index (χ0v) is 15.7. The van der Waals surface area contributed by atoms with E-state index in [0.717, 1.165) is 4.90 Å². The van der Waals surface area contributed by atoms with Gasteiger partial charge < -0.3 is 15.0 Å². The van der Waals surface area contributed by atoms with Crippen LogP contribution in [0.25, 0.3) is 0 Å². The highest BCUT2D eigenvalue weighted by molar-refractivity contribution is 6.39. The van der Waals surface area contributed by atoms with Crippen LogP contribution in [0.5, 0.6) is 0 Å². The van der Waals surface area contributed by atoms with Gasteiger partial charge in [-0.05, 0) is 36.4 Å². The second kappa shape index (κ2) is 9.34. The molecule has 2 amide bonds. The quantitative estimate of drug-likeness (QED) is 0.737. The fraction of sp³-hybridized carbons (Fsp3) is 0.167. The first kappa shape index (κ1) is 20.7. The number of hydrogen-bond donors (Lipinski definition) is 1. The lowest BCUT2D eigenvalue weighted by Crippen LogP contribution is -2.37. The predicted octanol–water partition coefficient (Wildman–Crippen LogP) is 3.39. The molecule has 6 nitrogen and oxygen atoms in total. The molecule has 2 rings (SSSR count). The van der Waals surface area contributed by atoms with Crippen molar-refractivity contribution in [1.82, 2.24) is 4.90 Å². The molecular weight excluding hydrogens is 398 g/mol. The molecule has 0 saturated heterocycles. The van der Waals surface area contributed by atoms with E-state index in [4.69, 9.17) is 27.9 Å². The van der Waals surface area contributed by atoms with Crippen LogP contribution in [0.4, 0.5) is 10.1 Å². The maximum absolute atomic E-state index is 12.8. The van der Waals surface area contributed by atoms with Gasteiger partial charge in [-0.15, -0.1) is 0 Å². The van der Waals surface area contributed by atoms with Gasteiger partial charge in [-0.2, -0.15) is 0 Å². The summed E-state index contributed by atoms with van der Waals surface area (Å²) in [5, 5.41) is 2.73. The third-order valence-corrected chi connectivity index (χ3v) is 4.06. The molecule has 0 fully saturated rings. The topological polar surface area (TPSA) is 75.7 Å². The van der Waals surface area contributed by atoms with Crippen molar-refractivity contribution in [3.63, 3.8) is 0 Å². The summed E-state index contributed by atoms with van der Waals surface area (Å²) in [5.74, 6) is -2.36. The number of ether oxygens (including phenoxy) is 1. The summed E-state index contributed by atoms with van der Waals surface area (Å²) in [4.78, 5) is 37.1. The Kier molecular flexibility index (Phi) is 7.15. The first-order valence-corrected chi connectivity index (χ1v) is 8.44. The largest absolute Gasteiger partial charge is 0.452 e. The molecule has 2 aromatic rings. The molecule has 0 aliphatic heterocycles. The van der Waals surface area contributed by atoms with Gasteiger partial charge in [0.15, 0.2) is 6.61 Å². The van der Waals surface area contributed by atoms with Crippen molar-refractivity contribution >= 4 is 46.7 Å². The van der Waals surface area contributed by atoms with E-state index >= 15 is 0 Å². The maximum atomic E-state index is 12.8. The molecule has 0 bridgehead atoms. The number of halogens is 3. The Hall–Kier alpha value is -2.64. The Morgan fingerprint density at radius 3 is 2.26 bits per heavy atom. The van der Waals surface area contributed by atoms with Crippen LogP contribution in [-0.2, 0) is 14.3 Å². The summed E-state index contributed by atoms with van der Waals surface area (Å²) in [5.41, 5.74) is 0.354. The number of nitrogens with one attached hydrogen (secondary N) is 1. The van der Waals surface area contributed by atoms with Crippen LogP contribution >= 0.6 is 23.2 Å². The second-order valence-electron chi connectivity index (χ2n) is 5.48. The van der Waals surface area contributed by atoms with Crippen molar-refractivity contribution in [3.05, 3.63) is 63.9 Å². The van der Waals surface area contributed by atoms with Gasteiger partial charge in [-0.1, -0.05) is 29.3 Å². The van der Waals surface area contributed by atoms with Crippen molar-refractivity contribution in [2.24, 2.45) is 0 Å². The van der Waals surface area contributed by atoms with Gasteiger partial charge >= 0.3 is 5.97 Å². The summed E-state index contributed by atoms with van der Waals surface area (Å²) in [6.45, 7) is -0.860. The molecular formula is C18H15Cl2FN2O4. The molecule has 0 heterocycles. The van der Waals surface area contributed by atoms with Crippen LogP contribution in [-0.4, -0.2) is 42.9 Å². The number of likely N-dealkylation sites (N-methyl/N-ethyl adjacent to an activating group) is 1. The average Bonchev–Trinajstić information content (AvgIpc) is 2.61. The minimum absolute atomic E-state index is 0.0367. The fourth-order valence-corrected chi connectivity index (χ4v) is 2.59. The molecule has 0 saturated carbocycles. The van der Waals surface area contributed by atoms with Gasteiger partial charge in [0.2, 0.25) is 5.91 Å². The summed E-state index contributed by atoms with van der Waals surface area (Å²) in [7, 11) is 1.38. The number of rotatable bonds is 6. The van der Waals surface area contributed by atoms with Crippen LogP contribution in [0.3, 0.4) is 0 Å². The Balaban J connectivity index is 1.85. The summed E-state index contributed by atoms with van der Waals surface area (Å²) < 4.78 is 17.8. The van der Waals surface area contributed by atoms with E-state index in [1.54, 1.807) is 6.07 Å². The van der Waals surface area contributed by atoms with Gasteiger partial charge in [0, 0.05) is 12.7 Å². The summed E-state index contributed by atoms with van der Waals surface area (Å²) >= 11 is 11.8. The number of anilines is 1. The molecule has 9 heteroatoms. The Bertz CT molecular complexity index is 839. The number of nitrogens with zero attached hydrogens (tertiary/aromatic N) is 1. The van der Waals surface area contributed by atoms with Gasteiger partial charge in [0.25, 0.3) is 5.91 Å². The fourth-order valence-electron chi connectivity index (χ4n) is 2.04. The van der Waals surface area contributed by atoms with Crippen LogP contribution in [0.15, 0.2) is 42.5 Å². The summed E-state index contributed by atoms with van der Waals surface area (Å²) in [6.07, 6.45) is 0. The van der Waals surface area contributed by atoms with Crippen molar-refractivity contribution in [2.45, 2.75) is 0 Å². The van der Waals surface area contributed by atoms with Crippen molar-refractivity contribution in [3.8, 4) is 0 Å². The lowest BCUT2D eigenvalue weighted by molar-refractivity contribution is -0.136. The Morgan fingerprint density at radius 1 is 1.07 bits per heavy atom. The number of amides is 2. The minimum Gasteiger partial charge on any atom is -0.452 e.